The molecular formula is C22H28Cl2FN5O2. The predicted octanol–water partition coefficient (Wildman–Crippen LogP) is 4.33. The van der Waals surface area contributed by atoms with E-state index >= 15 is 0 Å². The van der Waals surface area contributed by atoms with Gasteiger partial charge in [-0.1, -0.05) is 29.3 Å². The highest BCUT2D eigenvalue weighted by Crippen LogP contribution is 2.36. The summed E-state index contributed by atoms with van der Waals surface area (Å²) in [5.41, 5.74) is 7.68. The number of aliphatic hydroxyl groups is 1. The first-order chi connectivity index (χ1) is 15.3. The molecule has 1 fully saturated rings. The smallest absolute Gasteiger partial charge is 0.166 e. The minimum Gasteiger partial charge on any atom is -0.482 e. The van der Waals surface area contributed by atoms with Crippen LogP contribution in [0.1, 0.15) is 43.9 Å². The lowest BCUT2D eigenvalue weighted by Gasteiger charge is -2.19. The zero-order valence-corrected chi connectivity index (χ0v) is 19.5. The van der Waals surface area contributed by atoms with Crippen LogP contribution in [0.4, 0.5) is 10.2 Å². The SMILES string of the molecule is C/C=C(\C=N/N)c1cnc(N)c(OC(C)c2c(Cl)ccc(F)c2Cl)c1.OC1CCNCC1. The first kappa shape index (κ1) is 25.9. The Morgan fingerprint density at radius 2 is 2.06 bits per heavy atom. The number of halogens is 3. The van der Waals surface area contributed by atoms with Crippen molar-refractivity contribution in [2.24, 2.45) is 10.9 Å². The van der Waals surface area contributed by atoms with E-state index in [0.717, 1.165) is 31.5 Å². The third kappa shape index (κ3) is 7.06. The minimum absolute atomic E-state index is 0.0266. The van der Waals surface area contributed by atoms with Gasteiger partial charge in [0, 0.05) is 22.3 Å². The largest absolute Gasteiger partial charge is 0.482 e. The Kier molecular flexibility index (Phi) is 10.2. The topological polar surface area (TPSA) is 119 Å². The number of hydrogen-bond donors (Lipinski definition) is 4. The number of rotatable bonds is 5. The summed E-state index contributed by atoms with van der Waals surface area (Å²) in [6, 6.07) is 4.31. The average molecular weight is 484 g/mol. The van der Waals surface area contributed by atoms with Gasteiger partial charge in [0.15, 0.2) is 11.6 Å². The molecule has 0 spiro atoms. The molecule has 174 valence electrons. The van der Waals surface area contributed by atoms with Crippen molar-refractivity contribution >= 4 is 40.8 Å². The Balaban J connectivity index is 0.000000439. The number of allylic oxidation sites excluding steroid dienone is 2. The average Bonchev–Trinajstić information content (AvgIpc) is 2.77. The first-order valence-corrected chi connectivity index (χ1v) is 10.9. The van der Waals surface area contributed by atoms with Crippen LogP contribution in [0.25, 0.3) is 5.57 Å². The van der Waals surface area contributed by atoms with Gasteiger partial charge in [-0.15, -0.1) is 0 Å². The van der Waals surface area contributed by atoms with Gasteiger partial charge in [0.2, 0.25) is 0 Å². The summed E-state index contributed by atoms with van der Waals surface area (Å²) < 4.78 is 19.6. The van der Waals surface area contributed by atoms with Gasteiger partial charge in [-0.25, -0.2) is 9.37 Å². The van der Waals surface area contributed by atoms with Gasteiger partial charge in [0.1, 0.15) is 11.9 Å². The molecule has 1 aliphatic heterocycles. The van der Waals surface area contributed by atoms with Gasteiger partial charge >= 0.3 is 0 Å². The molecule has 2 heterocycles. The number of pyridine rings is 1. The van der Waals surface area contributed by atoms with Crippen molar-refractivity contribution in [1.29, 1.82) is 0 Å². The summed E-state index contributed by atoms with van der Waals surface area (Å²) in [5.74, 6) is 5.12. The van der Waals surface area contributed by atoms with E-state index in [1.807, 2.05) is 13.0 Å². The van der Waals surface area contributed by atoms with Crippen LogP contribution in [-0.4, -0.2) is 35.5 Å². The predicted molar refractivity (Wildman–Crippen MR) is 129 cm³/mol. The van der Waals surface area contributed by atoms with Crippen LogP contribution in [0.5, 0.6) is 5.75 Å². The lowest BCUT2D eigenvalue weighted by molar-refractivity contribution is 0.137. The zero-order chi connectivity index (χ0) is 23.7. The van der Waals surface area contributed by atoms with Gasteiger partial charge in [0.25, 0.3) is 0 Å². The number of nitrogens with one attached hydrogen (secondary N) is 1. The number of nitrogens with zero attached hydrogens (tertiary/aromatic N) is 2. The van der Waals surface area contributed by atoms with Crippen molar-refractivity contribution in [2.75, 3.05) is 18.8 Å². The van der Waals surface area contributed by atoms with Gasteiger partial charge in [-0.05, 0) is 63.6 Å². The lowest BCUT2D eigenvalue weighted by Crippen LogP contribution is -2.30. The molecule has 0 aliphatic carbocycles. The van der Waals surface area contributed by atoms with Crippen LogP contribution in [0, 0.1) is 5.82 Å². The number of benzene rings is 1. The second-order valence-electron chi connectivity index (χ2n) is 7.13. The molecule has 7 nitrogen and oxygen atoms in total. The molecule has 1 aromatic carbocycles. The number of hydrogen-bond acceptors (Lipinski definition) is 7. The van der Waals surface area contributed by atoms with Gasteiger partial charge < -0.3 is 26.7 Å². The fourth-order valence-corrected chi connectivity index (χ4v) is 3.75. The van der Waals surface area contributed by atoms with E-state index in [-0.39, 0.29) is 16.9 Å². The van der Waals surface area contributed by atoms with E-state index in [1.165, 1.54) is 18.3 Å². The first-order valence-electron chi connectivity index (χ1n) is 10.1. The van der Waals surface area contributed by atoms with E-state index in [9.17, 15) is 4.39 Å². The Labute approximate surface area is 197 Å². The molecule has 3 rings (SSSR count). The Bertz CT molecular complexity index is 966. The van der Waals surface area contributed by atoms with Gasteiger partial charge in [-0.3, -0.25) is 0 Å². The fraction of sp³-hybridized carbons (Fsp3) is 0.364. The van der Waals surface area contributed by atoms with Crippen molar-refractivity contribution in [3.63, 3.8) is 0 Å². The summed E-state index contributed by atoms with van der Waals surface area (Å²) in [6.07, 6.45) is 6.07. The van der Waals surface area contributed by atoms with Crippen molar-refractivity contribution in [1.82, 2.24) is 10.3 Å². The highest BCUT2D eigenvalue weighted by molar-refractivity contribution is 6.36. The standard InChI is InChI=1S/C17H17Cl2FN4O.C5H11NO/c1-3-10(8-24-22)11-6-14(17(21)23-7-11)25-9(2)15-12(18)4-5-13(20)16(15)19;7-5-1-3-6-4-2-5/h3-9H,22H2,1-2H3,(H2,21,23);5-7H,1-4H2/b10-3+,24-8-;. The number of aliphatic hydroxyl groups excluding tert-OH is 1. The summed E-state index contributed by atoms with van der Waals surface area (Å²) in [5, 5.41) is 15.7. The van der Waals surface area contributed by atoms with Gasteiger partial charge in [-0.2, -0.15) is 5.10 Å². The zero-order valence-electron chi connectivity index (χ0n) is 18.0. The molecule has 1 atom stereocenters. The van der Waals surface area contributed by atoms with Crippen LogP contribution in [-0.2, 0) is 0 Å². The third-order valence-electron chi connectivity index (χ3n) is 4.84. The molecule has 1 aliphatic rings. The van der Waals surface area contributed by atoms with Crippen molar-refractivity contribution in [2.45, 2.75) is 38.9 Å². The minimum atomic E-state index is -0.646. The summed E-state index contributed by atoms with van der Waals surface area (Å²) in [6.45, 7) is 5.50. The van der Waals surface area contributed by atoms with Crippen LogP contribution >= 0.6 is 23.2 Å². The molecule has 6 N–H and O–H groups in total. The summed E-state index contributed by atoms with van der Waals surface area (Å²) in [4.78, 5) is 4.11. The molecule has 2 aromatic rings. The van der Waals surface area contributed by atoms with Crippen LogP contribution in [0.3, 0.4) is 0 Å². The van der Waals surface area contributed by atoms with Crippen molar-refractivity contribution in [3.05, 3.63) is 57.5 Å². The monoisotopic (exact) mass is 483 g/mol. The molecule has 32 heavy (non-hydrogen) atoms. The number of nitrogen functional groups attached to an aromatic ring is 1. The molecule has 10 heteroatoms. The molecular weight excluding hydrogens is 456 g/mol. The Morgan fingerprint density at radius 1 is 1.38 bits per heavy atom. The maximum absolute atomic E-state index is 13.7. The Morgan fingerprint density at radius 3 is 2.62 bits per heavy atom. The summed E-state index contributed by atoms with van der Waals surface area (Å²) in [7, 11) is 0. The molecule has 1 aromatic heterocycles. The Hall–Kier alpha value is -2.39. The molecule has 0 radical (unpaired) electrons. The maximum Gasteiger partial charge on any atom is 0.166 e. The van der Waals surface area contributed by atoms with E-state index in [1.54, 1.807) is 19.2 Å². The number of nitrogens with two attached hydrogens (primary N) is 2. The highest BCUT2D eigenvalue weighted by atomic mass is 35.5. The quantitative estimate of drug-likeness (QED) is 0.217. The lowest BCUT2D eigenvalue weighted by atomic mass is 10.1. The molecule has 0 amide bonds. The van der Waals surface area contributed by atoms with E-state index < -0.39 is 11.9 Å². The van der Waals surface area contributed by atoms with E-state index in [2.05, 4.69) is 15.4 Å². The van der Waals surface area contributed by atoms with Crippen molar-refractivity contribution in [3.8, 4) is 5.75 Å². The van der Waals surface area contributed by atoms with Crippen LogP contribution in [0.15, 0.2) is 35.6 Å². The third-order valence-corrected chi connectivity index (χ3v) is 5.55. The fourth-order valence-electron chi connectivity index (χ4n) is 3.07. The number of hydrazone groups is 1. The second kappa shape index (κ2) is 12.6. The number of ether oxygens (including phenoxy) is 1. The molecule has 1 saturated heterocycles. The number of piperidine rings is 1. The maximum atomic E-state index is 13.7. The molecule has 1 unspecified atom stereocenters. The van der Waals surface area contributed by atoms with E-state index in [0.29, 0.717) is 21.9 Å². The van der Waals surface area contributed by atoms with Crippen LogP contribution < -0.4 is 21.6 Å². The molecule has 0 bridgehead atoms. The normalized spacial score (nSPS) is 15.9. The van der Waals surface area contributed by atoms with Gasteiger partial charge in [0.05, 0.1) is 17.3 Å². The number of anilines is 1. The van der Waals surface area contributed by atoms with Crippen LogP contribution in [0.2, 0.25) is 10.0 Å². The highest BCUT2D eigenvalue weighted by Gasteiger charge is 2.20. The summed E-state index contributed by atoms with van der Waals surface area (Å²) >= 11 is 12.1. The van der Waals surface area contributed by atoms with Crippen molar-refractivity contribution < 1.29 is 14.2 Å². The second-order valence-corrected chi connectivity index (χ2v) is 7.91. The molecule has 0 saturated carbocycles. The van der Waals surface area contributed by atoms with E-state index in [4.69, 9.17) is 44.6 Å². The number of aromatic nitrogens is 1.